The van der Waals surface area contributed by atoms with Crippen LogP contribution in [0.4, 0.5) is 11.4 Å². The Morgan fingerprint density at radius 2 is 2.00 bits per heavy atom. The summed E-state index contributed by atoms with van der Waals surface area (Å²) in [5, 5.41) is 6.08. The van der Waals surface area contributed by atoms with Crippen LogP contribution in [0.2, 0.25) is 0 Å². The van der Waals surface area contributed by atoms with Crippen molar-refractivity contribution in [1.82, 2.24) is 0 Å². The molecule has 1 saturated heterocycles. The Labute approximate surface area is 154 Å². The highest BCUT2D eigenvalue weighted by Crippen LogP contribution is 2.19. The van der Waals surface area contributed by atoms with Crippen molar-refractivity contribution < 1.29 is 14.3 Å². The Morgan fingerprint density at radius 1 is 1.19 bits per heavy atom. The van der Waals surface area contributed by atoms with Crippen LogP contribution < -0.4 is 15.4 Å². The van der Waals surface area contributed by atoms with E-state index >= 15 is 0 Å². The summed E-state index contributed by atoms with van der Waals surface area (Å²) in [4.78, 5) is 12.1. The van der Waals surface area contributed by atoms with Crippen LogP contribution in [0.5, 0.6) is 5.75 Å². The number of aryl methyl sites for hydroxylation is 2. The number of nitrogens with one attached hydrogen (secondary N) is 2. The minimum Gasteiger partial charge on any atom is -0.491 e. The maximum Gasteiger partial charge on any atom is 0.243 e. The van der Waals surface area contributed by atoms with Gasteiger partial charge < -0.3 is 20.1 Å². The van der Waals surface area contributed by atoms with E-state index < -0.39 is 0 Å². The molecule has 1 aliphatic rings. The van der Waals surface area contributed by atoms with Gasteiger partial charge >= 0.3 is 0 Å². The number of rotatable bonds is 7. The molecule has 0 spiro atoms. The number of carbonyl (C=O) groups is 1. The van der Waals surface area contributed by atoms with Crippen LogP contribution in [0.15, 0.2) is 42.5 Å². The van der Waals surface area contributed by atoms with Crippen LogP contribution in [0, 0.1) is 13.8 Å². The lowest BCUT2D eigenvalue weighted by Crippen LogP contribution is -2.22. The summed E-state index contributed by atoms with van der Waals surface area (Å²) in [5.41, 5.74) is 4.02. The number of hydrogen-bond donors (Lipinski definition) is 2. The summed E-state index contributed by atoms with van der Waals surface area (Å²) >= 11 is 0. The van der Waals surface area contributed by atoms with Crippen molar-refractivity contribution in [1.29, 1.82) is 0 Å². The number of ether oxygens (including phenoxy) is 2. The standard InChI is InChI=1S/C21H26N2O3/c1-15-5-6-16(2)20(12-15)22-13-21(24)23-17-7-9-18(10-8-17)26-14-19-4-3-11-25-19/h5-10,12,19,22H,3-4,11,13-14H2,1-2H3,(H,23,24). The fourth-order valence-electron chi connectivity index (χ4n) is 2.91. The monoisotopic (exact) mass is 354 g/mol. The second-order valence-electron chi connectivity index (χ2n) is 6.69. The number of benzene rings is 2. The fourth-order valence-corrected chi connectivity index (χ4v) is 2.91. The first-order valence-corrected chi connectivity index (χ1v) is 9.05. The van der Waals surface area contributed by atoms with Gasteiger partial charge in [0.25, 0.3) is 0 Å². The van der Waals surface area contributed by atoms with E-state index in [4.69, 9.17) is 9.47 Å². The minimum atomic E-state index is -0.0843. The Hall–Kier alpha value is -2.53. The molecule has 1 atom stereocenters. The summed E-state index contributed by atoms with van der Waals surface area (Å²) in [7, 11) is 0. The molecule has 0 aromatic heterocycles. The molecule has 0 saturated carbocycles. The quantitative estimate of drug-likeness (QED) is 0.791. The number of amides is 1. The first-order chi connectivity index (χ1) is 12.6. The molecule has 3 rings (SSSR count). The fraction of sp³-hybridized carbons (Fsp3) is 0.381. The van der Waals surface area contributed by atoms with Gasteiger partial charge in [-0.05, 0) is 68.1 Å². The number of anilines is 2. The molecule has 1 heterocycles. The number of carbonyl (C=O) groups excluding carboxylic acids is 1. The predicted molar refractivity (Wildman–Crippen MR) is 104 cm³/mol. The van der Waals surface area contributed by atoms with Gasteiger partial charge in [-0.3, -0.25) is 4.79 Å². The van der Waals surface area contributed by atoms with Gasteiger partial charge in [-0.1, -0.05) is 12.1 Å². The van der Waals surface area contributed by atoms with Crippen LogP contribution in [-0.2, 0) is 9.53 Å². The third kappa shape index (κ3) is 5.23. The summed E-state index contributed by atoms with van der Waals surface area (Å²) in [5.74, 6) is 0.700. The highest BCUT2D eigenvalue weighted by atomic mass is 16.5. The van der Waals surface area contributed by atoms with Gasteiger partial charge in [-0.15, -0.1) is 0 Å². The predicted octanol–water partition coefficient (Wildman–Crippen LogP) is 3.91. The summed E-state index contributed by atoms with van der Waals surface area (Å²) in [6.45, 7) is 5.68. The SMILES string of the molecule is Cc1ccc(C)c(NCC(=O)Nc2ccc(OCC3CCCO3)cc2)c1. The van der Waals surface area contributed by atoms with Gasteiger partial charge in [0.2, 0.25) is 5.91 Å². The van der Waals surface area contributed by atoms with Crippen molar-refractivity contribution in [3.05, 3.63) is 53.6 Å². The van der Waals surface area contributed by atoms with Gasteiger partial charge in [0, 0.05) is 18.0 Å². The van der Waals surface area contributed by atoms with Crippen LogP contribution in [-0.4, -0.2) is 31.8 Å². The molecule has 5 heteroatoms. The zero-order valence-electron chi connectivity index (χ0n) is 15.4. The molecule has 138 valence electrons. The molecule has 26 heavy (non-hydrogen) atoms. The summed E-state index contributed by atoms with van der Waals surface area (Å²) in [6, 6.07) is 13.6. The lowest BCUT2D eigenvalue weighted by atomic mass is 10.1. The van der Waals surface area contributed by atoms with Gasteiger partial charge in [0.1, 0.15) is 12.4 Å². The van der Waals surface area contributed by atoms with Crippen LogP contribution in [0.3, 0.4) is 0 Å². The molecule has 1 fully saturated rings. The molecular formula is C21H26N2O3. The van der Waals surface area contributed by atoms with Gasteiger partial charge in [-0.25, -0.2) is 0 Å². The highest BCUT2D eigenvalue weighted by Gasteiger charge is 2.15. The molecule has 2 N–H and O–H groups in total. The average Bonchev–Trinajstić information content (AvgIpc) is 3.15. The second-order valence-corrected chi connectivity index (χ2v) is 6.69. The topological polar surface area (TPSA) is 59.6 Å². The van der Waals surface area contributed by atoms with Crippen molar-refractivity contribution in [3.63, 3.8) is 0 Å². The zero-order valence-corrected chi connectivity index (χ0v) is 15.4. The van der Waals surface area contributed by atoms with E-state index in [2.05, 4.69) is 16.7 Å². The molecule has 1 aliphatic heterocycles. The van der Waals surface area contributed by atoms with Gasteiger partial charge in [0.15, 0.2) is 0 Å². The molecule has 0 aliphatic carbocycles. The number of hydrogen-bond acceptors (Lipinski definition) is 4. The molecule has 2 aromatic rings. The van der Waals surface area contributed by atoms with E-state index in [0.717, 1.165) is 47.7 Å². The lowest BCUT2D eigenvalue weighted by molar-refractivity contribution is -0.114. The molecule has 0 bridgehead atoms. The smallest absolute Gasteiger partial charge is 0.243 e. The Kier molecular flexibility index (Phi) is 6.12. The average molecular weight is 354 g/mol. The highest BCUT2D eigenvalue weighted by molar-refractivity contribution is 5.93. The van der Waals surface area contributed by atoms with E-state index in [1.54, 1.807) is 0 Å². The Balaban J connectivity index is 1.45. The van der Waals surface area contributed by atoms with Crippen LogP contribution in [0.1, 0.15) is 24.0 Å². The van der Waals surface area contributed by atoms with Gasteiger partial charge in [0.05, 0.1) is 12.6 Å². The first-order valence-electron chi connectivity index (χ1n) is 9.05. The third-order valence-electron chi connectivity index (χ3n) is 4.43. The Bertz CT molecular complexity index is 737. The van der Waals surface area contributed by atoms with E-state index in [0.29, 0.717) is 6.61 Å². The molecular weight excluding hydrogens is 328 g/mol. The maximum atomic E-state index is 12.1. The van der Waals surface area contributed by atoms with E-state index in [-0.39, 0.29) is 18.6 Å². The first kappa shape index (κ1) is 18.3. The minimum absolute atomic E-state index is 0.0843. The van der Waals surface area contributed by atoms with E-state index in [9.17, 15) is 4.79 Å². The third-order valence-corrected chi connectivity index (χ3v) is 4.43. The molecule has 1 amide bonds. The molecule has 2 aromatic carbocycles. The molecule has 0 radical (unpaired) electrons. The van der Waals surface area contributed by atoms with Crippen molar-refractivity contribution in [3.8, 4) is 5.75 Å². The van der Waals surface area contributed by atoms with Crippen molar-refractivity contribution in [2.75, 3.05) is 30.4 Å². The van der Waals surface area contributed by atoms with Crippen molar-refractivity contribution >= 4 is 17.3 Å². The van der Waals surface area contributed by atoms with Crippen molar-refractivity contribution in [2.45, 2.75) is 32.8 Å². The van der Waals surface area contributed by atoms with Gasteiger partial charge in [-0.2, -0.15) is 0 Å². The molecule has 1 unspecified atom stereocenters. The normalized spacial score (nSPS) is 16.3. The zero-order chi connectivity index (χ0) is 18.4. The van der Waals surface area contributed by atoms with Crippen molar-refractivity contribution in [2.24, 2.45) is 0 Å². The largest absolute Gasteiger partial charge is 0.491 e. The van der Waals surface area contributed by atoms with E-state index in [1.165, 1.54) is 0 Å². The maximum absolute atomic E-state index is 12.1. The van der Waals surface area contributed by atoms with Crippen LogP contribution in [0.25, 0.3) is 0 Å². The summed E-state index contributed by atoms with van der Waals surface area (Å²) < 4.78 is 11.3. The molecule has 5 nitrogen and oxygen atoms in total. The second kappa shape index (κ2) is 8.72. The Morgan fingerprint density at radius 3 is 2.73 bits per heavy atom. The lowest BCUT2D eigenvalue weighted by Gasteiger charge is -2.13. The van der Waals surface area contributed by atoms with E-state index in [1.807, 2.05) is 50.2 Å². The van der Waals surface area contributed by atoms with Crippen LogP contribution >= 0.6 is 0 Å². The summed E-state index contributed by atoms with van der Waals surface area (Å²) in [6.07, 6.45) is 2.36.